The van der Waals surface area contributed by atoms with E-state index in [1.54, 1.807) is 0 Å². The van der Waals surface area contributed by atoms with E-state index in [1.807, 2.05) is 24.5 Å². The van der Waals surface area contributed by atoms with Crippen LogP contribution in [0.25, 0.3) is 10.9 Å². The molecule has 1 saturated carbocycles. The maximum atomic E-state index is 12.5. The molecule has 2 fully saturated rings. The van der Waals surface area contributed by atoms with Crippen LogP contribution < -0.4 is 21.2 Å². The Labute approximate surface area is 143 Å². The van der Waals surface area contributed by atoms with Crippen molar-refractivity contribution in [3.8, 4) is 5.75 Å². The standard InChI is InChI=1S/C17H21N3O2.C2H6/c1-11-14(19-8-2-3-9-19)7-6-13-15(22-18)10-16(21)20(17(11)13)12-4-5-12;1-2/h6-7,10,12H,2-5,8-9,18H2,1H3;1-2H3. The summed E-state index contributed by atoms with van der Waals surface area (Å²) in [5.41, 5.74) is 3.35. The molecule has 1 aromatic heterocycles. The zero-order valence-electron chi connectivity index (χ0n) is 14.8. The maximum Gasteiger partial charge on any atom is 0.255 e. The number of benzene rings is 1. The molecule has 0 atom stereocenters. The number of aryl methyl sites for hydroxylation is 1. The number of anilines is 1. The number of pyridine rings is 1. The Hall–Kier alpha value is -2.01. The number of nitrogens with two attached hydrogens (primary N) is 1. The van der Waals surface area contributed by atoms with Gasteiger partial charge in [0.05, 0.1) is 5.52 Å². The van der Waals surface area contributed by atoms with Crippen molar-refractivity contribution in [2.45, 2.75) is 52.5 Å². The molecular weight excluding hydrogens is 302 g/mol. The molecule has 24 heavy (non-hydrogen) atoms. The summed E-state index contributed by atoms with van der Waals surface area (Å²) in [6, 6.07) is 6.01. The predicted molar refractivity (Wildman–Crippen MR) is 98.8 cm³/mol. The minimum atomic E-state index is -0.0166. The summed E-state index contributed by atoms with van der Waals surface area (Å²) in [4.78, 5) is 19.9. The average molecular weight is 329 g/mol. The van der Waals surface area contributed by atoms with Gasteiger partial charge in [0.2, 0.25) is 0 Å². The largest absolute Gasteiger partial charge is 0.411 e. The number of nitrogens with zero attached hydrogens (tertiary/aromatic N) is 2. The molecule has 2 aromatic rings. The Morgan fingerprint density at radius 1 is 1.17 bits per heavy atom. The Morgan fingerprint density at radius 3 is 2.42 bits per heavy atom. The molecule has 4 rings (SSSR count). The number of fused-ring (bicyclic) bond motifs is 1. The van der Waals surface area contributed by atoms with Crippen molar-refractivity contribution in [3.63, 3.8) is 0 Å². The zero-order chi connectivity index (χ0) is 17.3. The van der Waals surface area contributed by atoms with Gasteiger partial charge in [-0.2, -0.15) is 5.90 Å². The molecule has 1 aliphatic heterocycles. The molecule has 0 spiro atoms. The van der Waals surface area contributed by atoms with E-state index in [9.17, 15) is 4.79 Å². The van der Waals surface area contributed by atoms with Gasteiger partial charge in [0, 0.05) is 36.3 Å². The Morgan fingerprint density at radius 2 is 1.83 bits per heavy atom. The second-order valence-electron chi connectivity index (χ2n) is 6.37. The Balaban J connectivity index is 0.000000815. The van der Waals surface area contributed by atoms with Crippen LogP contribution in [-0.2, 0) is 0 Å². The van der Waals surface area contributed by atoms with Crippen LogP contribution in [0.1, 0.15) is 51.1 Å². The second-order valence-corrected chi connectivity index (χ2v) is 6.37. The highest BCUT2D eigenvalue weighted by Gasteiger charge is 2.28. The molecule has 0 unspecified atom stereocenters. The van der Waals surface area contributed by atoms with Crippen molar-refractivity contribution in [3.05, 3.63) is 34.1 Å². The first kappa shape index (κ1) is 16.8. The molecule has 0 amide bonds. The molecule has 2 heterocycles. The van der Waals surface area contributed by atoms with Gasteiger partial charge in [-0.3, -0.25) is 4.79 Å². The van der Waals surface area contributed by atoms with Crippen LogP contribution in [0.2, 0.25) is 0 Å². The molecule has 0 bridgehead atoms. The van der Waals surface area contributed by atoms with Crippen LogP contribution in [0.5, 0.6) is 5.75 Å². The van der Waals surface area contributed by atoms with E-state index in [0.717, 1.165) is 42.4 Å². The van der Waals surface area contributed by atoms with Crippen LogP contribution >= 0.6 is 0 Å². The van der Waals surface area contributed by atoms with Gasteiger partial charge in [0.25, 0.3) is 5.56 Å². The first-order valence-electron chi connectivity index (χ1n) is 9.01. The van der Waals surface area contributed by atoms with Gasteiger partial charge in [0.1, 0.15) is 0 Å². The smallest absolute Gasteiger partial charge is 0.255 e. The van der Waals surface area contributed by atoms with E-state index in [2.05, 4.69) is 17.9 Å². The molecule has 5 heteroatoms. The molecule has 2 aliphatic rings. The van der Waals surface area contributed by atoms with E-state index < -0.39 is 0 Å². The SMILES string of the molecule is CC.Cc1c(N2CCCC2)ccc2c(ON)cc(=O)n(C3CC3)c12. The lowest BCUT2D eigenvalue weighted by Gasteiger charge is -2.23. The zero-order valence-corrected chi connectivity index (χ0v) is 14.8. The summed E-state index contributed by atoms with van der Waals surface area (Å²) in [7, 11) is 0. The van der Waals surface area contributed by atoms with E-state index in [-0.39, 0.29) is 5.56 Å². The third kappa shape index (κ3) is 2.77. The first-order chi connectivity index (χ1) is 11.7. The topological polar surface area (TPSA) is 60.5 Å². The van der Waals surface area contributed by atoms with Crippen molar-refractivity contribution in [2.24, 2.45) is 5.90 Å². The van der Waals surface area contributed by atoms with Crippen molar-refractivity contribution >= 4 is 16.6 Å². The molecule has 0 radical (unpaired) electrons. The van der Waals surface area contributed by atoms with Crippen LogP contribution in [-0.4, -0.2) is 17.7 Å². The Kier molecular flexibility index (Phi) is 4.81. The summed E-state index contributed by atoms with van der Waals surface area (Å²) in [5, 5.41) is 0.925. The molecule has 130 valence electrons. The third-order valence-electron chi connectivity index (χ3n) is 4.89. The lowest BCUT2D eigenvalue weighted by molar-refractivity contribution is 0.337. The van der Waals surface area contributed by atoms with Gasteiger partial charge in [-0.15, -0.1) is 0 Å². The molecular formula is C19H27N3O2. The molecule has 2 N–H and O–H groups in total. The number of hydrogen-bond acceptors (Lipinski definition) is 4. The first-order valence-corrected chi connectivity index (χ1v) is 9.01. The van der Waals surface area contributed by atoms with Gasteiger partial charge in [-0.25, -0.2) is 0 Å². The van der Waals surface area contributed by atoms with Crippen LogP contribution in [0.4, 0.5) is 5.69 Å². The summed E-state index contributed by atoms with van der Waals surface area (Å²) in [5.74, 6) is 5.84. The van der Waals surface area contributed by atoms with Crippen LogP contribution in [0.15, 0.2) is 23.0 Å². The summed E-state index contributed by atoms with van der Waals surface area (Å²) in [6.45, 7) is 8.29. The summed E-state index contributed by atoms with van der Waals surface area (Å²) < 4.78 is 1.94. The summed E-state index contributed by atoms with van der Waals surface area (Å²) in [6.07, 6.45) is 4.62. The van der Waals surface area contributed by atoms with Gasteiger partial charge >= 0.3 is 0 Å². The monoisotopic (exact) mass is 329 g/mol. The number of aromatic nitrogens is 1. The fraction of sp³-hybridized carbons (Fsp3) is 0.526. The lowest BCUT2D eigenvalue weighted by atomic mass is 10.1. The summed E-state index contributed by atoms with van der Waals surface area (Å²) >= 11 is 0. The van der Waals surface area contributed by atoms with E-state index in [4.69, 9.17) is 10.7 Å². The average Bonchev–Trinajstić information content (AvgIpc) is 3.30. The molecule has 1 aliphatic carbocycles. The van der Waals surface area contributed by atoms with Crippen molar-refractivity contribution in [1.29, 1.82) is 0 Å². The van der Waals surface area contributed by atoms with Crippen molar-refractivity contribution < 1.29 is 4.84 Å². The van der Waals surface area contributed by atoms with Crippen LogP contribution in [0.3, 0.4) is 0 Å². The van der Waals surface area contributed by atoms with Crippen molar-refractivity contribution in [1.82, 2.24) is 4.57 Å². The van der Waals surface area contributed by atoms with Gasteiger partial charge < -0.3 is 14.3 Å². The normalized spacial score (nSPS) is 16.9. The fourth-order valence-corrected chi connectivity index (χ4v) is 3.66. The van der Waals surface area contributed by atoms with Crippen molar-refractivity contribution in [2.75, 3.05) is 18.0 Å². The highest BCUT2D eigenvalue weighted by atomic mass is 16.6. The minimum absolute atomic E-state index is 0.0166. The Bertz CT molecular complexity index is 787. The second kappa shape index (κ2) is 6.85. The molecule has 1 aromatic carbocycles. The quantitative estimate of drug-likeness (QED) is 0.875. The van der Waals surface area contributed by atoms with Crippen LogP contribution in [0, 0.1) is 6.92 Å². The lowest BCUT2D eigenvalue weighted by Crippen LogP contribution is -2.23. The van der Waals surface area contributed by atoms with E-state index in [0.29, 0.717) is 11.8 Å². The molecule has 5 nitrogen and oxygen atoms in total. The molecule has 1 saturated heterocycles. The van der Waals surface area contributed by atoms with E-state index in [1.165, 1.54) is 24.6 Å². The maximum absolute atomic E-state index is 12.5. The number of hydrogen-bond donors (Lipinski definition) is 1. The van der Waals surface area contributed by atoms with Gasteiger partial charge in [-0.05, 0) is 50.3 Å². The van der Waals surface area contributed by atoms with E-state index >= 15 is 0 Å². The highest BCUT2D eigenvalue weighted by Crippen LogP contribution is 2.40. The highest BCUT2D eigenvalue weighted by molar-refractivity contribution is 5.92. The van der Waals surface area contributed by atoms with Gasteiger partial charge in [0.15, 0.2) is 5.75 Å². The fourth-order valence-electron chi connectivity index (χ4n) is 3.66. The third-order valence-corrected chi connectivity index (χ3v) is 4.89. The number of rotatable bonds is 3. The minimum Gasteiger partial charge on any atom is -0.411 e. The predicted octanol–water partition coefficient (Wildman–Crippen LogP) is 3.52. The van der Waals surface area contributed by atoms with Gasteiger partial charge in [-0.1, -0.05) is 13.8 Å².